The Bertz CT molecular complexity index is 1620. The van der Waals surface area contributed by atoms with E-state index >= 15 is 0 Å². The fourth-order valence-corrected chi connectivity index (χ4v) is 7.19. The normalized spacial score (nSPS) is 14.0. The number of sulfonamides is 2. The molecule has 3 aromatic carbocycles. The predicted molar refractivity (Wildman–Crippen MR) is 134 cm³/mol. The second kappa shape index (κ2) is 8.80. The van der Waals surface area contributed by atoms with Crippen LogP contribution >= 0.6 is 11.3 Å². The van der Waals surface area contributed by atoms with E-state index < -0.39 is 32.5 Å². The van der Waals surface area contributed by atoms with Crippen LogP contribution in [0, 0.1) is 0 Å². The van der Waals surface area contributed by atoms with E-state index in [0.29, 0.717) is 22.5 Å². The molecule has 1 aromatic heterocycles. The quantitative estimate of drug-likeness (QED) is 0.394. The lowest BCUT2D eigenvalue weighted by Gasteiger charge is -2.31. The number of aromatic nitrogens is 1. The maximum Gasteiger partial charge on any atom is 0.265 e. The first-order chi connectivity index (χ1) is 16.8. The van der Waals surface area contributed by atoms with E-state index in [1.807, 2.05) is 12.1 Å². The number of fused-ring (bicyclic) bond motifs is 3. The van der Waals surface area contributed by atoms with Crippen molar-refractivity contribution in [2.45, 2.75) is 9.79 Å². The van der Waals surface area contributed by atoms with Gasteiger partial charge >= 0.3 is 0 Å². The maximum absolute atomic E-state index is 13.3. The number of carbonyl (C=O) groups excluding carboxylic acids is 1. The van der Waals surface area contributed by atoms with E-state index in [-0.39, 0.29) is 14.9 Å². The molecule has 0 saturated heterocycles. The molecule has 0 aliphatic carbocycles. The molecule has 35 heavy (non-hydrogen) atoms. The lowest BCUT2D eigenvalue weighted by Crippen LogP contribution is -2.40. The maximum atomic E-state index is 13.3. The molecule has 1 amide bonds. The summed E-state index contributed by atoms with van der Waals surface area (Å²) in [5, 5.41) is 4.53. The molecule has 9 nitrogen and oxygen atoms in total. The third kappa shape index (κ3) is 4.38. The summed E-state index contributed by atoms with van der Waals surface area (Å²) < 4.78 is 55.0. The number of amides is 1. The Morgan fingerprint density at radius 3 is 2.34 bits per heavy atom. The lowest BCUT2D eigenvalue weighted by atomic mass is 10.0. The Morgan fingerprint density at radius 1 is 0.943 bits per heavy atom. The van der Waals surface area contributed by atoms with Crippen LogP contribution in [0.1, 0.15) is 0 Å². The SMILES string of the molecule is O=C(CN1c2ccccc2-c2ccccc2S1(=O)=O)Nc1ccc(S(=O)(=O)Nc2nccs2)cc1. The lowest BCUT2D eigenvalue weighted by molar-refractivity contribution is -0.114. The van der Waals surface area contributed by atoms with Gasteiger partial charge in [-0.1, -0.05) is 36.4 Å². The average molecular weight is 527 g/mol. The van der Waals surface area contributed by atoms with Crippen molar-refractivity contribution >= 4 is 53.8 Å². The van der Waals surface area contributed by atoms with Gasteiger partial charge in [-0.15, -0.1) is 11.3 Å². The van der Waals surface area contributed by atoms with Crippen LogP contribution in [0.25, 0.3) is 11.1 Å². The van der Waals surface area contributed by atoms with Crippen molar-refractivity contribution in [3.05, 3.63) is 84.4 Å². The first-order valence-corrected chi connectivity index (χ1v) is 14.1. The van der Waals surface area contributed by atoms with Gasteiger partial charge in [-0.2, -0.15) is 0 Å². The van der Waals surface area contributed by atoms with Crippen LogP contribution in [0.2, 0.25) is 0 Å². The molecule has 178 valence electrons. The summed E-state index contributed by atoms with van der Waals surface area (Å²) >= 11 is 1.15. The van der Waals surface area contributed by atoms with E-state index in [0.717, 1.165) is 15.6 Å². The second-order valence-electron chi connectivity index (χ2n) is 7.54. The molecule has 4 aromatic rings. The van der Waals surface area contributed by atoms with Gasteiger partial charge in [-0.3, -0.25) is 13.8 Å². The molecular formula is C23H18N4O5S3. The molecule has 0 atom stereocenters. The van der Waals surface area contributed by atoms with Gasteiger partial charge < -0.3 is 5.32 Å². The van der Waals surface area contributed by atoms with Gasteiger partial charge in [0.15, 0.2) is 5.13 Å². The fourth-order valence-electron chi connectivity index (χ4n) is 3.75. The minimum atomic E-state index is -3.95. The molecule has 1 aliphatic rings. The van der Waals surface area contributed by atoms with Crippen molar-refractivity contribution < 1.29 is 21.6 Å². The molecule has 0 bridgehead atoms. The summed E-state index contributed by atoms with van der Waals surface area (Å²) in [6.45, 7) is -0.445. The van der Waals surface area contributed by atoms with Gasteiger partial charge in [0.2, 0.25) is 5.91 Å². The highest BCUT2D eigenvalue weighted by Gasteiger charge is 2.35. The topological polar surface area (TPSA) is 126 Å². The fraction of sp³-hybridized carbons (Fsp3) is 0.0435. The smallest absolute Gasteiger partial charge is 0.265 e. The third-order valence-corrected chi connectivity index (χ3v) is 9.30. The number of nitrogens with one attached hydrogen (secondary N) is 2. The minimum absolute atomic E-state index is 0.00478. The van der Waals surface area contributed by atoms with Crippen LogP contribution in [0.4, 0.5) is 16.5 Å². The Hall–Kier alpha value is -3.74. The minimum Gasteiger partial charge on any atom is -0.325 e. The van der Waals surface area contributed by atoms with Crippen molar-refractivity contribution in [3.63, 3.8) is 0 Å². The number of anilines is 3. The van der Waals surface area contributed by atoms with Gasteiger partial charge in [0.25, 0.3) is 20.0 Å². The second-order valence-corrected chi connectivity index (χ2v) is 11.9. The number of hydrogen-bond acceptors (Lipinski definition) is 7. The highest BCUT2D eigenvalue weighted by Crippen LogP contribution is 2.42. The standard InChI is InChI=1S/C23H18N4O5S3/c28-22(25-16-9-11-17(12-10-16)34(29,30)26-23-24-13-14-33-23)15-27-20-7-3-1-5-18(20)19-6-2-4-8-21(19)35(27,31)32/h1-14H,15H2,(H,24,26)(H,25,28). The number of rotatable bonds is 6. The first kappa shape index (κ1) is 23.0. The van der Waals surface area contributed by atoms with Gasteiger partial charge in [0, 0.05) is 28.4 Å². The summed E-state index contributed by atoms with van der Waals surface area (Å²) in [6, 6.07) is 19.2. The Morgan fingerprint density at radius 2 is 1.63 bits per heavy atom. The summed E-state index contributed by atoms with van der Waals surface area (Å²) in [7, 11) is -7.79. The molecule has 0 unspecified atom stereocenters. The highest BCUT2D eigenvalue weighted by atomic mass is 32.2. The number of carbonyl (C=O) groups is 1. The van der Waals surface area contributed by atoms with Crippen molar-refractivity contribution in [2.75, 3.05) is 20.9 Å². The van der Waals surface area contributed by atoms with Crippen molar-refractivity contribution in [1.82, 2.24) is 4.98 Å². The van der Waals surface area contributed by atoms with E-state index in [2.05, 4.69) is 15.0 Å². The Balaban J connectivity index is 1.35. The molecule has 0 spiro atoms. The van der Waals surface area contributed by atoms with Crippen molar-refractivity contribution in [1.29, 1.82) is 0 Å². The largest absolute Gasteiger partial charge is 0.325 e. The monoisotopic (exact) mass is 526 g/mol. The van der Waals surface area contributed by atoms with Crippen molar-refractivity contribution in [3.8, 4) is 11.1 Å². The predicted octanol–water partition coefficient (Wildman–Crippen LogP) is 3.76. The number of nitrogens with zero attached hydrogens (tertiary/aromatic N) is 2. The number of hydrogen-bond donors (Lipinski definition) is 2. The zero-order valence-corrected chi connectivity index (χ0v) is 20.4. The van der Waals surface area contributed by atoms with Crippen LogP contribution < -0.4 is 14.3 Å². The Kier molecular flexibility index (Phi) is 5.79. The zero-order chi connectivity index (χ0) is 24.6. The molecule has 5 rings (SSSR count). The van der Waals surface area contributed by atoms with Crippen molar-refractivity contribution in [2.24, 2.45) is 0 Å². The van der Waals surface area contributed by atoms with Gasteiger partial charge in [0.05, 0.1) is 15.5 Å². The van der Waals surface area contributed by atoms with E-state index in [1.165, 1.54) is 36.5 Å². The van der Waals surface area contributed by atoms with Crippen LogP contribution in [-0.2, 0) is 24.8 Å². The number of benzene rings is 3. The van der Waals surface area contributed by atoms with E-state index in [1.54, 1.807) is 35.7 Å². The van der Waals surface area contributed by atoms with E-state index in [4.69, 9.17) is 0 Å². The molecular weight excluding hydrogens is 508 g/mol. The van der Waals surface area contributed by atoms with Crippen LogP contribution in [0.5, 0.6) is 0 Å². The van der Waals surface area contributed by atoms with Crippen LogP contribution in [0.3, 0.4) is 0 Å². The van der Waals surface area contributed by atoms with Crippen LogP contribution in [0.15, 0.2) is 94.2 Å². The molecule has 0 fully saturated rings. The average Bonchev–Trinajstić information content (AvgIpc) is 3.35. The number of para-hydroxylation sites is 1. The first-order valence-electron chi connectivity index (χ1n) is 10.3. The molecule has 0 saturated carbocycles. The molecule has 12 heteroatoms. The summed E-state index contributed by atoms with van der Waals surface area (Å²) in [6.07, 6.45) is 1.49. The summed E-state index contributed by atoms with van der Waals surface area (Å²) in [4.78, 5) is 16.9. The van der Waals surface area contributed by atoms with Gasteiger partial charge in [0.1, 0.15) is 6.54 Å². The summed E-state index contributed by atoms with van der Waals surface area (Å²) in [5.74, 6) is -0.570. The highest BCUT2D eigenvalue weighted by molar-refractivity contribution is 7.93. The van der Waals surface area contributed by atoms with Crippen LogP contribution in [-0.4, -0.2) is 34.3 Å². The van der Waals surface area contributed by atoms with Gasteiger partial charge in [-0.05, 0) is 36.4 Å². The van der Waals surface area contributed by atoms with Gasteiger partial charge in [-0.25, -0.2) is 21.8 Å². The molecule has 2 heterocycles. The number of thiazole rings is 1. The molecule has 0 radical (unpaired) electrons. The zero-order valence-electron chi connectivity index (χ0n) is 18.0. The molecule has 1 aliphatic heterocycles. The Labute approximate surface area is 206 Å². The molecule has 2 N–H and O–H groups in total. The summed E-state index contributed by atoms with van der Waals surface area (Å²) in [5.41, 5.74) is 2.04. The third-order valence-electron chi connectivity index (χ3n) is 5.31. The van der Waals surface area contributed by atoms with E-state index in [9.17, 15) is 21.6 Å².